The summed E-state index contributed by atoms with van der Waals surface area (Å²) in [5.41, 5.74) is 7.34. The lowest BCUT2D eigenvalue weighted by Gasteiger charge is -2.37. The van der Waals surface area contributed by atoms with Gasteiger partial charge in [0.25, 0.3) is 0 Å². The summed E-state index contributed by atoms with van der Waals surface area (Å²) in [5, 5.41) is 9.31. The van der Waals surface area contributed by atoms with Gasteiger partial charge in [-0.1, -0.05) is 11.6 Å². The summed E-state index contributed by atoms with van der Waals surface area (Å²) in [7, 11) is 2.02. The normalized spacial score (nSPS) is 17.1. The van der Waals surface area contributed by atoms with Crippen molar-refractivity contribution in [3.05, 3.63) is 28.3 Å². The number of nitrogen functional groups attached to an aromatic ring is 1. The maximum absolute atomic E-state index is 10.8. The molecule has 5 heteroatoms. The molecule has 0 spiro atoms. The molecule has 3 N–H and O–H groups in total. The van der Waals surface area contributed by atoms with Crippen molar-refractivity contribution in [2.24, 2.45) is 0 Å². The number of carbonyl (C=O) groups is 1. The van der Waals surface area contributed by atoms with Gasteiger partial charge in [0.2, 0.25) is 0 Å². The van der Waals surface area contributed by atoms with Crippen LogP contribution in [0.1, 0.15) is 21.8 Å². The predicted molar refractivity (Wildman–Crippen MR) is 63.1 cm³/mol. The van der Waals surface area contributed by atoms with Gasteiger partial charge in [0, 0.05) is 29.7 Å². The first-order valence-corrected chi connectivity index (χ1v) is 5.37. The Hall–Kier alpha value is -1.26. The van der Waals surface area contributed by atoms with E-state index in [0.29, 0.717) is 16.6 Å². The molecular weight excluding hydrogens is 228 g/mol. The Labute approximate surface area is 98.6 Å². The molecular formula is C11H13ClN2O2. The molecule has 1 fully saturated rings. The lowest BCUT2D eigenvalue weighted by Crippen LogP contribution is -2.42. The van der Waals surface area contributed by atoms with Gasteiger partial charge < -0.3 is 15.7 Å². The monoisotopic (exact) mass is 240 g/mol. The van der Waals surface area contributed by atoms with Crippen LogP contribution in [-0.2, 0) is 0 Å². The highest BCUT2D eigenvalue weighted by atomic mass is 35.5. The molecule has 4 nitrogen and oxygen atoms in total. The number of nitrogens with zero attached hydrogens (tertiary/aromatic N) is 1. The van der Waals surface area contributed by atoms with Crippen molar-refractivity contribution >= 4 is 23.3 Å². The lowest BCUT2D eigenvalue weighted by molar-refractivity contribution is 0.0697. The number of benzene rings is 1. The van der Waals surface area contributed by atoms with Crippen molar-refractivity contribution in [1.82, 2.24) is 4.90 Å². The number of nitrogens with two attached hydrogens (primary N) is 1. The topological polar surface area (TPSA) is 66.6 Å². The number of hydrogen-bond donors (Lipinski definition) is 2. The molecule has 1 saturated heterocycles. The van der Waals surface area contributed by atoms with Crippen molar-refractivity contribution in [1.29, 1.82) is 0 Å². The second-order valence-electron chi connectivity index (χ2n) is 4.18. The SMILES string of the molecule is CN1CC(c2c(N)cc(C(=O)O)cc2Cl)C1. The molecule has 0 unspecified atom stereocenters. The van der Waals surface area contributed by atoms with Gasteiger partial charge in [-0.15, -0.1) is 0 Å². The van der Waals surface area contributed by atoms with E-state index in [1.807, 2.05) is 7.05 Å². The van der Waals surface area contributed by atoms with Crippen LogP contribution in [0.2, 0.25) is 5.02 Å². The van der Waals surface area contributed by atoms with Crippen LogP contribution >= 0.6 is 11.6 Å². The van der Waals surface area contributed by atoms with Crippen molar-refractivity contribution in [3.8, 4) is 0 Å². The van der Waals surface area contributed by atoms with Crippen molar-refractivity contribution in [3.63, 3.8) is 0 Å². The van der Waals surface area contributed by atoms with Crippen LogP contribution in [-0.4, -0.2) is 36.1 Å². The zero-order valence-corrected chi connectivity index (χ0v) is 9.66. The van der Waals surface area contributed by atoms with E-state index in [-0.39, 0.29) is 5.56 Å². The molecule has 0 saturated carbocycles. The Morgan fingerprint density at radius 1 is 1.56 bits per heavy atom. The van der Waals surface area contributed by atoms with E-state index in [4.69, 9.17) is 22.4 Å². The highest BCUT2D eigenvalue weighted by molar-refractivity contribution is 6.32. The maximum Gasteiger partial charge on any atom is 0.335 e. The number of carboxylic acid groups (broad SMARTS) is 1. The number of rotatable bonds is 2. The van der Waals surface area contributed by atoms with Gasteiger partial charge in [-0.05, 0) is 24.7 Å². The summed E-state index contributed by atoms with van der Waals surface area (Å²) < 4.78 is 0. The molecule has 0 atom stereocenters. The fourth-order valence-electron chi connectivity index (χ4n) is 2.07. The van der Waals surface area contributed by atoms with E-state index < -0.39 is 5.97 Å². The zero-order valence-electron chi connectivity index (χ0n) is 8.90. The van der Waals surface area contributed by atoms with E-state index in [1.54, 1.807) is 0 Å². The van der Waals surface area contributed by atoms with Crippen LogP contribution in [0.25, 0.3) is 0 Å². The van der Waals surface area contributed by atoms with Gasteiger partial charge in [0.15, 0.2) is 0 Å². The van der Waals surface area contributed by atoms with E-state index in [2.05, 4.69) is 4.90 Å². The van der Waals surface area contributed by atoms with Crippen molar-refractivity contribution in [2.75, 3.05) is 25.9 Å². The first-order chi connectivity index (χ1) is 7.49. The first-order valence-electron chi connectivity index (χ1n) is 4.99. The zero-order chi connectivity index (χ0) is 11.9. The summed E-state index contributed by atoms with van der Waals surface area (Å²) >= 11 is 6.07. The molecule has 0 aliphatic carbocycles. The Bertz CT molecular complexity index is 419. The number of likely N-dealkylation sites (N-methyl/N-ethyl adjacent to an activating group) is 1. The Morgan fingerprint density at radius 3 is 2.62 bits per heavy atom. The minimum atomic E-state index is -1.01. The molecule has 2 rings (SSSR count). The Morgan fingerprint density at radius 2 is 2.19 bits per heavy atom. The van der Waals surface area contributed by atoms with Crippen LogP contribution in [0.5, 0.6) is 0 Å². The quantitative estimate of drug-likeness (QED) is 0.772. The number of aromatic carboxylic acids is 1. The third-order valence-corrected chi connectivity index (χ3v) is 3.19. The smallest absolute Gasteiger partial charge is 0.335 e. The van der Waals surface area contributed by atoms with Crippen molar-refractivity contribution in [2.45, 2.75) is 5.92 Å². The third kappa shape index (κ3) is 1.86. The highest BCUT2D eigenvalue weighted by Gasteiger charge is 2.28. The van der Waals surface area contributed by atoms with Crippen molar-refractivity contribution < 1.29 is 9.90 Å². The van der Waals surface area contributed by atoms with E-state index in [9.17, 15) is 4.79 Å². The Kier molecular flexibility index (Phi) is 2.78. The molecule has 1 aliphatic heterocycles. The fourth-order valence-corrected chi connectivity index (χ4v) is 2.46. The van der Waals surface area contributed by atoms with Gasteiger partial charge >= 0.3 is 5.97 Å². The van der Waals surface area contributed by atoms with Gasteiger partial charge in [-0.2, -0.15) is 0 Å². The molecule has 0 bridgehead atoms. The molecule has 0 aromatic heterocycles. The molecule has 1 aliphatic rings. The summed E-state index contributed by atoms with van der Waals surface area (Å²) in [6.07, 6.45) is 0. The number of likely N-dealkylation sites (tertiary alicyclic amines) is 1. The molecule has 1 aromatic rings. The van der Waals surface area contributed by atoms with Gasteiger partial charge in [-0.3, -0.25) is 0 Å². The predicted octanol–water partition coefficient (Wildman–Crippen LogP) is 1.65. The van der Waals surface area contributed by atoms with E-state index >= 15 is 0 Å². The largest absolute Gasteiger partial charge is 0.478 e. The maximum atomic E-state index is 10.8. The van der Waals surface area contributed by atoms with Crippen LogP contribution < -0.4 is 5.73 Å². The standard InChI is InChI=1S/C11H13ClN2O2/c1-14-4-7(5-14)10-8(12)2-6(11(15)16)3-9(10)13/h2-3,7H,4-5,13H2,1H3,(H,15,16). The number of halogens is 1. The molecule has 86 valence electrons. The van der Waals surface area contributed by atoms with E-state index in [1.165, 1.54) is 12.1 Å². The van der Waals surface area contributed by atoms with Crippen LogP contribution in [0.4, 0.5) is 5.69 Å². The molecule has 16 heavy (non-hydrogen) atoms. The van der Waals surface area contributed by atoms with Gasteiger partial charge in [0.05, 0.1) is 5.56 Å². The second kappa shape index (κ2) is 3.96. The molecule has 1 heterocycles. The summed E-state index contributed by atoms with van der Waals surface area (Å²) in [6.45, 7) is 1.83. The van der Waals surface area contributed by atoms with Crippen LogP contribution in [0.3, 0.4) is 0 Å². The van der Waals surface area contributed by atoms with Crippen LogP contribution in [0, 0.1) is 0 Å². The number of hydrogen-bond acceptors (Lipinski definition) is 3. The second-order valence-corrected chi connectivity index (χ2v) is 4.59. The van der Waals surface area contributed by atoms with E-state index in [0.717, 1.165) is 18.7 Å². The molecule has 1 aromatic carbocycles. The third-order valence-electron chi connectivity index (χ3n) is 2.88. The molecule has 0 amide bonds. The average molecular weight is 241 g/mol. The number of carboxylic acids is 1. The summed E-state index contributed by atoms with van der Waals surface area (Å²) in [6, 6.07) is 2.94. The minimum Gasteiger partial charge on any atom is -0.478 e. The Balaban J connectivity index is 2.36. The summed E-state index contributed by atoms with van der Waals surface area (Å²) in [5.74, 6) is -0.689. The lowest BCUT2D eigenvalue weighted by atomic mass is 9.90. The van der Waals surface area contributed by atoms with Crippen LogP contribution in [0.15, 0.2) is 12.1 Å². The highest BCUT2D eigenvalue weighted by Crippen LogP contribution is 2.36. The fraction of sp³-hybridized carbons (Fsp3) is 0.364. The van der Waals surface area contributed by atoms with Gasteiger partial charge in [-0.25, -0.2) is 4.79 Å². The average Bonchev–Trinajstić information content (AvgIpc) is 2.13. The molecule has 0 radical (unpaired) electrons. The van der Waals surface area contributed by atoms with Gasteiger partial charge in [0.1, 0.15) is 0 Å². The number of anilines is 1. The minimum absolute atomic E-state index is 0.138. The summed E-state index contributed by atoms with van der Waals surface area (Å²) in [4.78, 5) is 13.0. The first kappa shape index (κ1) is 11.2.